The van der Waals surface area contributed by atoms with Crippen molar-refractivity contribution in [1.82, 2.24) is 10.6 Å². The topological polar surface area (TPSA) is 97.9 Å². The molecule has 0 saturated heterocycles. The summed E-state index contributed by atoms with van der Waals surface area (Å²) in [5, 5.41) is 6.72. The van der Waals surface area contributed by atoms with Crippen LogP contribution in [0.4, 0.5) is 0 Å². The first-order valence-corrected chi connectivity index (χ1v) is 16.0. The normalized spacial score (nSPS) is 12.7. The maximum atomic E-state index is 5.61. The average Bonchev–Trinajstić information content (AvgIpc) is 2.99. The molecule has 0 rings (SSSR count). The minimum absolute atomic E-state index is 0.546. The Morgan fingerprint density at radius 3 is 1.41 bits per heavy atom. The fourth-order valence-corrected chi connectivity index (χ4v) is 3.58. The predicted octanol–water partition coefficient (Wildman–Crippen LogP) is 3.83. The van der Waals surface area contributed by atoms with E-state index in [1.165, 1.54) is 18.4 Å². The largest absolute Gasteiger partial charge is 0.389 e. The standard InChI is InChI=1S/C31H64N2O8/c1-5-9-31(30(4)7-3)29-33-12-16-37-20-22-39-24-26-41-28-27-40-25-23-38-21-19-36-15-11-32-10-8-14-35-18-17-34-13-6-2/h29-30,32-33H,5-28H2,1-4H3/b31-29-. The summed E-state index contributed by atoms with van der Waals surface area (Å²) in [6.07, 6.45) is 7.73. The molecule has 0 aromatic rings. The summed E-state index contributed by atoms with van der Waals surface area (Å²) in [4.78, 5) is 0. The summed E-state index contributed by atoms with van der Waals surface area (Å²) in [6, 6.07) is 0. The van der Waals surface area contributed by atoms with Gasteiger partial charge in [-0.3, -0.25) is 0 Å². The van der Waals surface area contributed by atoms with Crippen molar-refractivity contribution in [3.63, 3.8) is 0 Å². The fourth-order valence-electron chi connectivity index (χ4n) is 3.58. The molecule has 0 radical (unpaired) electrons. The highest BCUT2D eigenvalue weighted by molar-refractivity contribution is 5.04. The first-order chi connectivity index (χ1) is 20.3. The van der Waals surface area contributed by atoms with E-state index < -0.39 is 0 Å². The molecule has 246 valence electrons. The molecular formula is C31H64N2O8. The van der Waals surface area contributed by atoms with Crippen LogP contribution in [0.1, 0.15) is 59.8 Å². The number of hydrogen-bond donors (Lipinski definition) is 2. The lowest BCUT2D eigenvalue weighted by molar-refractivity contribution is -0.0163. The van der Waals surface area contributed by atoms with Gasteiger partial charge in [0.1, 0.15) is 0 Å². The quantitative estimate of drug-likeness (QED) is 0.106. The number of allylic oxidation sites excluding steroid dienone is 1. The van der Waals surface area contributed by atoms with Crippen LogP contribution in [-0.2, 0) is 37.9 Å². The highest BCUT2D eigenvalue weighted by atomic mass is 16.6. The van der Waals surface area contributed by atoms with E-state index in [9.17, 15) is 0 Å². The maximum Gasteiger partial charge on any atom is 0.0701 e. The number of hydrogen-bond acceptors (Lipinski definition) is 10. The summed E-state index contributed by atoms with van der Waals surface area (Å²) >= 11 is 0. The number of nitrogens with one attached hydrogen (secondary N) is 2. The molecule has 10 nitrogen and oxygen atoms in total. The molecule has 0 aliphatic rings. The second-order valence-electron chi connectivity index (χ2n) is 9.74. The molecule has 0 heterocycles. The zero-order valence-corrected chi connectivity index (χ0v) is 26.9. The molecule has 0 saturated carbocycles. The van der Waals surface area contributed by atoms with Gasteiger partial charge in [0.2, 0.25) is 0 Å². The van der Waals surface area contributed by atoms with Crippen LogP contribution in [0.15, 0.2) is 11.8 Å². The van der Waals surface area contributed by atoms with Gasteiger partial charge in [-0.05, 0) is 44.3 Å². The molecule has 0 amide bonds. The Kier molecular flexibility index (Phi) is 34.7. The summed E-state index contributed by atoms with van der Waals surface area (Å²) in [5.74, 6) is 0.636. The summed E-state index contributed by atoms with van der Waals surface area (Å²) in [6.45, 7) is 21.3. The Balaban J connectivity index is 3.17. The highest BCUT2D eigenvalue weighted by Crippen LogP contribution is 2.18. The summed E-state index contributed by atoms with van der Waals surface area (Å²) in [5.41, 5.74) is 1.50. The van der Waals surface area contributed by atoms with Crippen molar-refractivity contribution in [2.75, 3.05) is 125 Å². The van der Waals surface area contributed by atoms with Gasteiger partial charge in [-0.25, -0.2) is 0 Å². The van der Waals surface area contributed by atoms with Crippen molar-refractivity contribution in [2.45, 2.75) is 59.8 Å². The lowest BCUT2D eigenvalue weighted by Gasteiger charge is -2.14. The lowest BCUT2D eigenvalue weighted by Crippen LogP contribution is -2.23. The van der Waals surface area contributed by atoms with E-state index in [2.05, 4.69) is 44.5 Å². The van der Waals surface area contributed by atoms with Crippen molar-refractivity contribution in [3.8, 4) is 0 Å². The number of ether oxygens (including phenoxy) is 8. The molecule has 2 N–H and O–H groups in total. The first-order valence-electron chi connectivity index (χ1n) is 16.0. The van der Waals surface area contributed by atoms with Crippen LogP contribution >= 0.6 is 0 Å². The van der Waals surface area contributed by atoms with Gasteiger partial charge in [0.05, 0.1) is 92.5 Å². The molecule has 0 aromatic carbocycles. The van der Waals surface area contributed by atoms with E-state index in [1.54, 1.807) is 0 Å². The van der Waals surface area contributed by atoms with E-state index in [4.69, 9.17) is 37.9 Å². The van der Waals surface area contributed by atoms with Crippen LogP contribution in [-0.4, -0.2) is 125 Å². The van der Waals surface area contributed by atoms with Gasteiger partial charge in [-0.15, -0.1) is 0 Å². The van der Waals surface area contributed by atoms with Gasteiger partial charge < -0.3 is 48.5 Å². The molecule has 0 bridgehead atoms. The summed E-state index contributed by atoms with van der Waals surface area (Å²) in [7, 11) is 0. The average molecular weight is 593 g/mol. The SMILES string of the molecule is CCCOCCOCCCNCCOCCOCCOCCOCCOCCOCCN/C=C(/CCC)C(C)CC. The van der Waals surface area contributed by atoms with E-state index >= 15 is 0 Å². The Morgan fingerprint density at radius 1 is 0.512 bits per heavy atom. The van der Waals surface area contributed by atoms with Gasteiger partial charge in [0, 0.05) is 26.3 Å². The van der Waals surface area contributed by atoms with Crippen molar-refractivity contribution < 1.29 is 37.9 Å². The molecule has 0 aromatic heterocycles. The first kappa shape index (κ1) is 40.2. The molecule has 0 aliphatic carbocycles. The molecule has 1 unspecified atom stereocenters. The smallest absolute Gasteiger partial charge is 0.0701 e. The van der Waals surface area contributed by atoms with Crippen LogP contribution in [0.25, 0.3) is 0 Å². The predicted molar refractivity (Wildman–Crippen MR) is 165 cm³/mol. The summed E-state index contributed by atoms with van der Waals surface area (Å²) < 4.78 is 44.1. The van der Waals surface area contributed by atoms with E-state index in [-0.39, 0.29) is 0 Å². The van der Waals surface area contributed by atoms with E-state index in [1.807, 2.05) is 0 Å². The van der Waals surface area contributed by atoms with Crippen LogP contribution in [0.5, 0.6) is 0 Å². The van der Waals surface area contributed by atoms with Crippen molar-refractivity contribution in [2.24, 2.45) is 5.92 Å². The maximum absolute atomic E-state index is 5.61. The Bertz CT molecular complexity index is 528. The van der Waals surface area contributed by atoms with Gasteiger partial charge in [-0.2, -0.15) is 0 Å². The third kappa shape index (κ3) is 31.9. The van der Waals surface area contributed by atoms with Gasteiger partial charge in [-0.1, -0.05) is 39.7 Å². The zero-order chi connectivity index (χ0) is 29.9. The van der Waals surface area contributed by atoms with E-state index in [0.717, 1.165) is 52.1 Å². The molecule has 41 heavy (non-hydrogen) atoms. The van der Waals surface area contributed by atoms with Crippen LogP contribution in [0, 0.1) is 5.92 Å². The molecule has 1 atom stereocenters. The minimum Gasteiger partial charge on any atom is -0.389 e. The van der Waals surface area contributed by atoms with Gasteiger partial charge >= 0.3 is 0 Å². The number of rotatable bonds is 35. The minimum atomic E-state index is 0.546. The molecular weight excluding hydrogens is 528 g/mol. The Labute approximate surface area is 251 Å². The third-order valence-corrected chi connectivity index (χ3v) is 6.11. The van der Waals surface area contributed by atoms with Crippen LogP contribution in [0.3, 0.4) is 0 Å². The van der Waals surface area contributed by atoms with Crippen molar-refractivity contribution >= 4 is 0 Å². The van der Waals surface area contributed by atoms with Gasteiger partial charge in [0.25, 0.3) is 0 Å². The highest BCUT2D eigenvalue weighted by Gasteiger charge is 2.05. The second kappa shape index (κ2) is 35.4. The molecule has 0 spiro atoms. The van der Waals surface area contributed by atoms with Crippen LogP contribution < -0.4 is 10.6 Å². The second-order valence-corrected chi connectivity index (χ2v) is 9.74. The van der Waals surface area contributed by atoms with Crippen molar-refractivity contribution in [3.05, 3.63) is 11.8 Å². The van der Waals surface area contributed by atoms with Gasteiger partial charge in [0.15, 0.2) is 0 Å². The fraction of sp³-hybridized carbons (Fsp3) is 0.935. The monoisotopic (exact) mass is 592 g/mol. The molecule has 10 heteroatoms. The van der Waals surface area contributed by atoms with Crippen molar-refractivity contribution in [1.29, 1.82) is 0 Å². The molecule has 0 fully saturated rings. The Morgan fingerprint density at radius 2 is 0.951 bits per heavy atom. The third-order valence-electron chi connectivity index (χ3n) is 6.11. The molecule has 0 aliphatic heterocycles. The Hall–Kier alpha value is -0.820. The lowest BCUT2D eigenvalue weighted by atomic mass is 9.95. The van der Waals surface area contributed by atoms with Crippen LogP contribution in [0.2, 0.25) is 0 Å². The zero-order valence-electron chi connectivity index (χ0n) is 26.9. The van der Waals surface area contributed by atoms with E-state index in [0.29, 0.717) is 98.4 Å².